The Bertz CT molecular complexity index is 707. The molecule has 4 rings (SSSR count). The van der Waals surface area contributed by atoms with E-state index < -0.39 is 0 Å². The molecule has 1 aromatic heterocycles. The van der Waals surface area contributed by atoms with E-state index in [9.17, 15) is 4.79 Å². The number of rotatable bonds is 5. The molecule has 1 saturated heterocycles. The van der Waals surface area contributed by atoms with Crippen LogP contribution in [0, 0.1) is 5.92 Å². The van der Waals surface area contributed by atoms with Gasteiger partial charge in [-0.2, -0.15) is 0 Å². The maximum absolute atomic E-state index is 13.3. The number of hydrogen-bond donors (Lipinski definition) is 0. The van der Waals surface area contributed by atoms with Crippen molar-refractivity contribution < 1.29 is 9.53 Å². The molecule has 2 aromatic rings. The summed E-state index contributed by atoms with van der Waals surface area (Å²) in [4.78, 5) is 19.7. The summed E-state index contributed by atoms with van der Waals surface area (Å²) in [7, 11) is 0. The van der Waals surface area contributed by atoms with Crippen molar-refractivity contribution in [2.45, 2.75) is 44.9 Å². The molecular formula is C20H25N3O2. The zero-order chi connectivity index (χ0) is 17.1. The van der Waals surface area contributed by atoms with Crippen LogP contribution < -0.4 is 0 Å². The van der Waals surface area contributed by atoms with E-state index in [2.05, 4.69) is 21.7 Å². The molecule has 1 fully saturated rings. The quantitative estimate of drug-likeness (QED) is 0.841. The van der Waals surface area contributed by atoms with Crippen LogP contribution in [0.15, 0.2) is 42.7 Å². The Balaban J connectivity index is 1.49. The Morgan fingerprint density at radius 3 is 2.96 bits per heavy atom. The fourth-order valence-electron chi connectivity index (χ4n) is 3.89. The molecule has 0 bridgehead atoms. The van der Waals surface area contributed by atoms with E-state index >= 15 is 0 Å². The van der Waals surface area contributed by atoms with Crippen molar-refractivity contribution in [2.24, 2.45) is 5.92 Å². The minimum atomic E-state index is 0.0278. The van der Waals surface area contributed by atoms with Gasteiger partial charge in [-0.05, 0) is 24.8 Å². The van der Waals surface area contributed by atoms with Gasteiger partial charge in [0.05, 0.1) is 6.10 Å². The number of amides is 1. The number of aryl methyl sites for hydroxylation is 1. The number of fused-ring (bicyclic) bond motifs is 1. The zero-order valence-corrected chi connectivity index (χ0v) is 14.5. The Labute approximate surface area is 148 Å². The molecule has 3 heterocycles. The summed E-state index contributed by atoms with van der Waals surface area (Å²) >= 11 is 0. The molecule has 0 unspecified atom stereocenters. The zero-order valence-electron chi connectivity index (χ0n) is 14.5. The van der Waals surface area contributed by atoms with Crippen molar-refractivity contribution in [1.29, 1.82) is 0 Å². The van der Waals surface area contributed by atoms with Gasteiger partial charge in [-0.25, -0.2) is 4.98 Å². The van der Waals surface area contributed by atoms with Gasteiger partial charge < -0.3 is 14.2 Å². The molecule has 2 atom stereocenters. The first kappa shape index (κ1) is 16.3. The molecule has 5 heteroatoms. The molecule has 0 spiro atoms. The summed E-state index contributed by atoms with van der Waals surface area (Å²) in [6.07, 6.45) is 7.78. The second kappa shape index (κ2) is 7.40. The van der Waals surface area contributed by atoms with E-state index in [0.29, 0.717) is 13.1 Å². The van der Waals surface area contributed by atoms with E-state index in [1.54, 1.807) is 0 Å². The third-order valence-electron chi connectivity index (χ3n) is 5.27. The number of nitrogens with zero attached hydrogens (tertiary/aromatic N) is 3. The van der Waals surface area contributed by atoms with E-state index in [0.717, 1.165) is 44.7 Å². The van der Waals surface area contributed by atoms with Crippen LogP contribution in [0.2, 0.25) is 0 Å². The van der Waals surface area contributed by atoms with E-state index in [1.807, 2.05) is 35.5 Å². The number of hydrogen-bond acceptors (Lipinski definition) is 3. The average Bonchev–Trinajstić information content (AvgIpc) is 3.32. The van der Waals surface area contributed by atoms with Crippen LogP contribution >= 0.6 is 0 Å². The lowest BCUT2D eigenvalue weighted by molar-refractivity contribution is -0.138. The van der Waals surface area contributed by atoms with Crippen molar-refractivity contribution >= 4 is 5.91 Å². The predicted molar refractivity (Wildman–Crippen MR) is 94.9 cm³/mol. The van der Waals surface area contributed by atoms with Gasteiger partial charge in [0.2, 0.25) is 5.91 Å². The van der Waals surface area contributed by atoms with Gasteiger partial charge in [0.1, 0.15) is 5.82 Å². The number of aromatic nitrogens is 2. The van der Waals surface area contributed by atoms with E-state index in [-0.39, 0.29) is 17.9 Å². The van der Waals surface area contributed by atoms with Gasteiger partial charge in [0.25, 0.3) is 0 Å². The van der Waals surface area contributed by atoms with Gasteiger partial charge in [-0.3, -0.25) is 4.79 Å². The molecule has 0 N–H and O–H groups in total. The second-order valence-electron chi connectivity index (χ2n) is 7.07. The standard InChI is InChI=1S/C20H25N3O2/c24-20(17-8-10-22-11-9-21-19(22)13-17)23(15-18-7-4-12-25-18)14-16-5-2-1-3-6-16/h1-3,5-6,9,11,17-18H,4,7-8,10,12-15H2/t17-,18-/m0/s1. The fraction of sp³-hybridized carbons (Fsp3) is 0.500. The lowest BCUT2D eigenvalue weighted by Gasteiger charge is -2.31. The Hall–Kier alpha value is -2.14. The summed E-state index contributed by atoms with van der Waals surface area (Å²) < 4.78 is 7.95. The normalized spacial score (nSPS) is 22.6. The maximum Gasteiger partial charge on any atom is 0.226 e. The molecule has 1 amide bonds. The van der Waals surface area contributed by atoms with Crippen LogP contribution in [0.5, 0.6) is 0 Å². The topological polar surface area (TPSA) is 47.4 Å². The SMILES string of the molecule is O=C([C@H]1CCn2ccnc2C1)N(Cc1ccccc1)C[C@@H]1CCCO1. The smallest absolute Gasteiger partial charge is 0.226 e. The lowest BCUT2D eigenvalue weighted by atomic mass is 9.95. The van der Waals surface area contributed by atoms with Crippen LogP contribution in [0.1, 0.15) is 30.7 Å². The second-order valence-corrected chi connectivity index (χ2v) is 7.07. The molecule has 0 radical (unpaired) electrons. The third kappa shape index (κ3) is 3.76. The molecule has 25 heavy (non-hydrogen) atoms. The number of benzene rings is 1. The fourth-order valence-corrected chi connectivity index (χ4v) is 3.89. The third-order valence-corrected chi connectivity index (χ3v) is 5.27. The number of ether oxygens (including phenoxy) is 1. The van der Waals surface area contributed by atoms with Gasteiger partial charge in [-0.1, -0.05) is 30.3 Å². The first-order chi connectivity index (χ1) is 12.3. The summed E-state index contributed by atoms with van der Waals surface area (Å²) in [6, 6.07) is 10.2. The Morgan fingerprint density at radius 2 is 2.16 bits per heavy atom. The monoisotopic (exact) mass is 339 g/mol. The minimum absolute atomic E-state index is 0.0278. The molecule has 0 aliphatic carbocycles. The summed E-state index contributed by atoms with van der Waals surface area (Å²) in [5.74, 6) is 1.30. The molecule has 0 saturated carbocycles. The molecule has 1 aromatic carbocycles. The van der Waals surface area contributed by atoms with Crippen molar-refractivity contribution in [3.05, 3.63) is 54.1 Å². The van der Waals surface area contributed by atoms with Crippen molar-refractivity contribution in [3.63, 3.8) is 0 Å². The molecule has 5 nitrogen and oxygen atoms in total. The molecule has 2 aliphatic heterocycles. The van der Waals surface area contributed by atoms with E-state index in [1.165, 1.54) is 5.56 Å². The van der Waals surface area contributed by atoms with Crippen LogP contribution in [0.3, 0.4) is 0 Å². The first-order valence-corrected chi connectivity index (χ1v) is 9.24. The highest BCUT2D eigenvalue weighted by molar-refractivity contribution is 5.79. The van der Waals surface area contributed by atoms with Crippen molar-refractivity contribution in [2.75, 3.05) is 13.2 Å². The highest BCUT2D eigenvalue weighted by atomic mass is 16.5. The highest BCUT2D eigenvalue weighted by Gasteiger charge is 2.31. The van der Waals surface area contributed by atoms with E-state index in [4.69, 9.17) is 4.74 Å². The maximum atomic E-state index is 13.3. The highest BCUT2D eigenvalue weighted by Crippen LogP contribution is 2.23. The first-order valence-electron chi connectivity index (χ1n) is 9.24. The number of carbonyl (C=O) groups is 1. The number of imidazole rings is 1. The van der Waals surface area contributed by atoms with Gasteiger partial charge >= 0.3 is 0 Å². The number of carbonyl (C=O) groups excluding carboxylic acids is 1. The van der Waals surface area contributed by atoms with Crippen molar-refractivity contribution in [1.82, 2.24) is 14.5 Å². The van der Waals surface area contributed by atoms with Gasteiger partial charge in [0.15, 0.2) is 0 Å². The minimum Gasteiger partial charge on any atom is -0.376 e. The van der Waals surface area contributed by atoms with Gasteiger partial charge in [-0.15, -0.1) is 0 Å². The largest absolute Gasteiger partial charge is 0.376 e. The van der Waals surface area contributed by atoms with Crippen LogP contribution in [-0.4, -0.2) is 39.6 Å². The summed E-state index contributed by atoms with van der Waals surface area (Å²) in [5, 5.41) is 0. The summed E-state index contributed by atoms with van der Waals surface area (Å²) in [6.45, 7) is 3.05. The van der Waals surface area contributed by atoms with Gasteiger partial charge in [0, 0.05) is 51.0 Å². The van der Waals surface area contributed by atoms with Crippen LogP contribution in [-0.2, 0) is 29.0 Å². The Kier molecular flexibility index (Phi) is 4.83. The van der Waals surface area contributed by atoms with Crippen molar-refractivity contribution in [3.8, 4) is 0 Å². The molecule has 2 aliphatic rings. The Morgan fingerprint density at radius 1 is 1.28 bits per heavy atom. The average molecular weight is 339 g/mol. The lowest BCUT2D eigenvalue weighted by Crippen LogP contribution is -2.42. The van der Waals surface area contributed by atoms with Crippen LogP contribution in [0.25, 0.3) is 0 Å². The predicted octanol–water partition coefficient (Wildman–Crippen LogP) is 2.65. The molecule has 132 valence electrons. The van der Waals surface area contributed by atoms with Crippen LogP contribution in [0.4, 0.5) is 0 Å². The summed E-state index contributed by atoms with van der Waals surface area (Å²) in [5.41, 5.74) is 1.17. The molecular weight excluding hydrogens is 314 g/mol.